The van der Waals surface area contributed by atoms with E-state index < -0.39 is 0 Å². The molecule has 0 aliphatic carbocycles. The predicted molar refractivity (Wildman–Crippen MR) is 66.8 cm³/mol. The molecular weight excluding hydrogens is 238 g/mol. The van der Waals surface area contributed by atoms with Crippen LogP contribution in [0.15, 0.2) is 16.9 Å². The molecule has 2 amide bonds. The highest BCUT2D eigenvalue weighted by atomic mass is 32.2. The number of hydrogen-bond donors (Lipinski definition) is 1. The molecule has 1 aromatic rings. The Kier molecular flexibility index (Phi) is 3.61. The van der Waals surface area contributed by atoms with Gasteiger partial charge in [0, 0.05) is 29.7 Å². The third-order valence-corrected chi connectivity index (χ3v) is 3.92. The topological polar surface area (TPSA) is 58.4 Å². The highest BCUT2D eigenvalue weighted by Crippen LogP contribution is 2.29. The van der Waals surface area contributed by atoms with Gasteiger partial charge >= 0.3 is 6.03 Å². The fourth-order valence-electron chi connectivity index (χ4n) is 1.80. The first-order valence-electron chi connectivity index (χ1n) is 5.63. The molecule has 0 aromatic carbocycles. The molecular formula is C11H17N3O2S. The lowest BCUT2D eigenvalue weighted by atomic mass is 10.2. The zero-order chi connectivity index (χ0) is 12.3. The Bertz CT molecular complexity index is 378. The summed E-state index contributed by atoms with van der Waals surface area (Å²) in [5.74, 6) is 0.990. The quantitative estimate of drug-likeness (QED) is 0.874. The number of carbonyl (C=O) groups is 1. The Hall–Kier alpha value is -1.17. The standard InChI is InChI=1S/C11H17N3O2S/c1-11(2)8-14(4-6-17-11)10(15)12-7-9-3-5-16-13-9/h3,5H,4,6-8H2,1-2H3,(H,12,15). The Morgan fingerprint density at radius 3 is 3.18 bits per heavy atom. The van der Waals surface area contributed by atoms with E-state index in [9.17, 15) is 4.79 Å². The summed E-state index contributed by atoms with van der Waals surface area (Å²) in [5, 5.41) is 6.60. The van der Waals surface area contributed by atoms with Crippen LogP contribution < -0.4 is 5.32 Å². The van der Waals surface area contributed by atoms with Crippen molar-refractivity contribution in [3.63, 3.8) is 0 Å². The van der Waals surface area contributed by atoms with Crippen LogP contribution in [-0.4, -0.2) is 39.7 Å². The Labute approximate surface area is 105 Å². The molecule has 17 heavy (non-hydrogen) atoms. The Morgan fingerprint density at radius 1 is 1.71 bits per heavy atom. The van der Waals surface area contributed by atoms with E-state index in [1.54, 1.807) is 6.07 Å². The van der Waals surface area contributed by atoms with E-state index in [1.165, 1.54) is 6.26 Å². The number of thioether (sulfide) groups is 1. The minimum atomic E-state index is -0.0265. The third-order valence-electron chi connectivity index (χ3n) is 2.62. The normalized spacial score (nSPS) is 19.1. The van der Waals surface area contributed by atoms with E-state index in [1.807, 2.05) is 16.7 Å². The molecule has 1 fully saturated rings. The number of nitrogens with one attached hydrogen (secondary N) is 1. The monoisotopic (exact) mass is 255 g/mol. The molecule has 1 N–H and O–H groups in total. The number of amides is 2. The van der Waals surface area contributed by atoms with Crippen molar-refractivity contribution in [3.05, 3.63) is 18.0 Å². The van der Waals surface area contributed by atoms with Gasteiger partial charge in [0.2, 0.25) is 0 Å². The number of aromatic nitrogens is 1. The smallest absolute Gasteiger partial charge is 0.317 e. The minimum absolute atomic E-state index is 0.0265. The molecule has 94 valence electrons. The van der Waals surface area contributed by atoms with Crippen molar-refractivity contribution in [1.29, 1.82) is 0 Å². The van der Waals surface area contributed by atoms with Crippen molar-refractivity contribution >= 4 is 17.8 Å². The van der Waals surface area contributed by atoms with Crippen LogP contribution in [0.1, 0.15) is 19.5 Å². The summed E-state index contributed by atoms with van der Waals surface area (Å²) in [7, 11) is 0. The van der Waals surface area contributed by atoms with Crippen molar-refractivity contribution in [2.75, 3.05) is 18.8 Å². The molecule has 0 spiro atoms. The lowest BCUT2D eigenvalue weighted by molar-refractivity contribution is 0.194. The molecule has 1 aromatic heterocycles. The van der Waals surface area contributed by atoms with Crippen LogP contribution >= 0.6 is 11.8 Å². The average molecular weight is 255 g/mol. The Balaban J connectivity index is 1.83. The van der Waals surface area contributed by atoms with Gasteiger partial charge in [0.25, 0.3) is 0 Å². The second-order valence-electron chi connectivity index (χ2n) is 4.68. The first kappa shape index (κ1) is 12.3. The number of urea groups is 1. The SMILES string of the molecule is CC1(C)CN(C(=O)NCc2ccon2)CCS1. The summed E-state index contributed by atoms with van der Waals surface area (Å²) in [6.07, 6.45) is 1.50. The number of nitrogens with zero attached hydrogens (tertiary/aromatic N) is 2. The summed E-state index contributed by atoms with van der Waals surface area (Å²) in [4.78, 5) is 13.8. The number of hydrogen-bond acceptors (Lipinski definition) is 4. The van der Waals surface area contributed by atoms with E-state index in [0.717, 1.165) is 24.5 Å². The summed E-state index contributed by atoms with van der Waals surface area (Å²) in [6, 6.07) is 1.72. The van der Waals surface area contributed by atoms with Gasteiger partial charge in [0.15, 0.2) is 0 Å². The van der Waals surface area contributed by atoms with Gasteiger partial charge in [-0.15, -0.1) is 0 Å². The molecule has 0 unspecified atom stereocenters. The van der Waals surface area contributed by atoms with Crippen LogP contribution in [0.5, 0.6) is 0 Å². The van der Waals surface area contributed by atoms with E-state index in [2.05, 4.69) is 24.3 Å². The van der Waals surface area contributed by atoms with Crippen molar-refractivity contribution in [2.45, 2.75) is 25.1 Å². The fourth-order valence-corrected chi connectivity index (χ4v) is 2.91. The van der Waals surface area contributed by atoms with E-state index >= 15 is 0 Å². The number of carbonyl (C=O) groups excluding carboxylic acids is 1. The second kappa shape index (κ2) is 5.00. The number of rotatable bonds is 2. The van der Waals surface area contributed by atoms with Crippen LogP contribution in [0.25, 0.3) is 0 Å². The maximum Gasteiger partial charge on any atom is 0.317 e. The first-order chi connectivity index (χ1) is 8.07. The van der Waals surface area contributed by atoms with Crippen molar-refractivity contribution in [3.8, 4) is 0 Å². The molecule has 2 heterocycles. The van der Waals surface area contributed by atoms with E-state index in [-0.39, 0.29) is 10.8 Å². The van der Waals surface area contributed by atoms with Gasteiger partial charge in [-0.2, -0.15) is 11.8 Å². The summed E-state index contributed by atoms with van der Waals surface area (Å²) in [5.41, 5.74) is 0.740. The highest BCUT2D eigenvalue weighted by molar-refractivity contribution is 8.00. The third kappa shape index (κ3) is 3.39. The van der Waals surface area contributed by atoms with Crippen LogP contribution in [0.2, 0.25) is 0 Å². The summed E-state index contributed by atoms with van der Waals surface area (Å²) < 4.78 is 4.85. The molecule has 6 heteroatoms. The van der Waals surface area contributed by atoms with Gasteiger partial charge < -0.3 is 14.7 Å². The van der Waals surface area contributed by atoms with Crippen LogP contribution in [0.4, 0.5) is 4.79 Å². The highest BCUT2D eigenvalue weighted by Gasteiger charge is 2.29. The average Bonchev–Trinajstić information content (AvgIpc) is 2.77. The maximum atomic E-state index is 11.9. The maximum absolute atomic E-state index is 11.9. The predicted octanol–water partition coefficient (Wildman–Crippen LogP) is 1.71. The zero-order valence-corrected chi connectivity index (χ0v) is 10.9. The zero-order valence-electron chi connectivity index (χ0n) is 10.1. The molecule has 0 atom stereocenters. The largest absolute Gasteiger partial charge is 0.364 e. The van der Waals surface area contributed by atoms with Crippen LogP contribution in [0.3, 0.4) is 0 Å². The van der Waals surface area contributed by atoms with Crippen LogP contribution in [0, 0.1) is 0 Å². The van der Waals surface area contributed by atoms with Gasteiger partial charge in [-0.3, -0.25) is 0 Å². The van der Waals surface area contributed by atoms with Crippen LogP contribution in [-0.2, 0) is 6.54 Å². The van der Waals surface area contributed by atoms with E-state index in [0.29, 0.717) is 6.54 Å². The fraction of sp³-hybridized carbons (Fsp3) is 0.636. The molecule has 0 saturated carbocycles. The lowest BCUT2D eigenvalue weighted by Crippen LogP contribution is -2.49. The molecule has 1 aliphatic heterocycles. The molecule has 2 rings (SSSR count). The minimum Gasteiger partial charge on any atom is -0.364 e. The summed E-state index contributed by atoms with van der Waals surface area (Å²) in [6.45, 7) is 6.32. The van der Waals surface area contributed by atoms with Gasteiger partial charge in [0.05, 0.1) is 6.54 Å². The first-order valence-corrected chi connectivity index (χ1v) is 6.61. The molecule has 1 aliphatic rings. The molecule has 5 nitrogen and oxygen atoms in total. The summed E-state index contributed by atoms with van der Waals surface area (Å²) >= 11 is 1.91. The molecule has 1 saturated heterocycles. The lowest BCUT2D eigenvalue weighted by Gasteiger charge is -2.37. The van der Waals surface area contributed by atoms with Gasteiger partial charge in [-0.1, -0.05) is 5.16 Å². The molecule has 0 bridgehead atoms. The van der Waals surface area contributed by atoms with Crippen molar-refractivity contribution < 1.29 is 9.32 Å². The second-order valence-corrected chi connectivity index (χ2v) is 6.48. The van der Waals surface area contributed by atoms with Crippen molar-refractivity contribution in [1.82, 2.24) is 15.4 Å². The van der Waals surface area contributed by atoms with E-state index in [4.69, 9.17) is 4.52 Å². The Morgan fingerprint density at radius 2 is 2.53 bits per heavy atom. The molecule has 0 radical (unpaired) electrons. The van der Waals surface area contributed by atoms with Gasteiger partial charge in [0.1, 0.15) is 12.0 Å². The van der Waals surface area contributed by atoms with Gasteiger partial charge in [-0.25, -0.2) is 4.79 Å². The van der Waals surface area contributed by atoms with Gasteiger partial charge in [-0.05, 0) is 13.8 Å². The van der Waals surface area contributed by atoms with Crippen molar-refractivity contribution in [2.24, 2.45) is 0 Å².